The number of aromatic nitrogens is 1. The van der Waals surface area contributed by atoms with Crippen LogP contribution in [0.5, 0.6) is 0 Å². The van der Waals surface area contributed by atoms with Crippen LogP contribution >= 0.6 is 0 Å². The summed E-state index contributed by atoms with van der Waals surface area (Å²) in [6.45, 7) is 1.99. The highest BCUT2D eigenvalue weighted by molar-refractivity contribution is 5.98. The van der Waals surface area contributed by atoms with Gasteiger partial charge in [0.1, 0.15) is 0 Å². The van der Waals surface area contributed by atoms with Crippen molar-refractivity contribution in [2.75, 3.05) is 24.5 Å². The van der Waals surface area contributed by atoms with Crippen molar-refractivity contribution < 1.29 is 14.4 Å². The minimum absolute atomic E-state index is 0.0718. The summed E-state index contributed by atoms with van der Waals surface area (Å²) < 4.78 is 2.17. The second-order valence-corrected chi connectivity index (χ2v) is 7.65. The average molecular weight is 418 g/mol. The van der Waals surface area contributed by atoms with Gasteiger partial charge in [-0.3, -0.25) is 14.4 Å². The van der Waals surface area contributed by atoms with E-state index in [0.717, 1.165) is 25.1 Å². The quantitative estimate of drug-likeness (QED) is 0.552. The van der Waals surface area contributed by atoms with Crippen LogP contribution in [0, 0.1) is 0 Å². The van der Waals surface area contributed by atoms with E-state index in [1.54, 1.807) is 29.2 Å². The maximum absolute atomic E-state index is 12.3. The molecule has 1 aliphatic rings. The third-order valence-electron chi connectivity index (χ3n) is 5.50. The van der Waals surface area contributed by atoms with Crippen molar-refractivity contribution in [3.05, 3.63) is 66.4 Å². The van der Waals surface area contributed by atoms with Crippen LogP contribution in [0.3, 0.4) is 0 Å². The molecule has 1 fully saturated rings. The molecule has 2 N–H and O–H groups in total. The van der Waals surface area contributed by atoms with Crippen LogP contribution in [0.4, 0.5) is 5.69 Å². The van der Waals surface area contributed by atoms with E-state index in [1.165, 1.54) is 10.9 Å². The number of carbonyl (C=O) groups is 3. The van der Waals surface area contributed by atoms with E-state index in [9.17, 15) is 14.4 Å². The van der Waals surface area contributed by atoms with Crippen LogP contribution < -0.4 is 15.5 Å². The number of hydrogen-bond donors (Lipinski definition) is 2. The molecule has 0 bridgehead atoms. The van der Waals surface area contributed by atoms with Crippen LogP contribution in [-0.4, -0.2) is 41.9 Å². The highest BCUT2D eigenvalue weighted by Crippen LogP contribution is 2.21. The molecule has 7 nitrogen and oxygen atoms in total. The Bertz CT molecular complexity index is 1090. The monoisotopic (exact) mass is 418 g/mol. The molecule has 0 saturated carbocycles. The molecule has 0 atom stereocenters. The van der Waals surface area contributed by atoms with Crippen molar-refractivity contribution in [3.8, 4) is 0 Å². The Morgan fingerprint density at radius 2 is 1.77 bits per heavy atom. The second kappa shape index (κ2) is 9.47. The van der Waals surface area contributed by atoms with E-state index in [4.69, 9.17) is 0 Å². The number of benzene rings is 2. The smallest absolute Gasteiger partial charge is 0.251 e. The molecule has 1 aromatic heterocycles. The molecule has 0 aliphatic carbocycles. The first-order valence-corrected chi connectivity index (χ1v) is 10.6. The Labute approximate surface area is 181 Å². The molecule has 0 unspecified atom stereocenters. The molecule has 2 aromatic carbocycles. The van der Waals surface area contributed by atoms with Gasteiger partial charge >= 0.3 is 0 Å². The molecule has 2 heterocycles. The van der Waals surface area contributed by atoms with Crippen molar-refractivity contribution in [3.63, 3.8) is 0 Å². The molecule has 4 rings (SSSR count). The van der Waals surface area contributed by atoms with Gasteiger partial charge in [0.05, 0.1) is 6.54 Å². The predicted molar refractivity (Wildman–Crippen MR) is 120 cm³/mol. The number of amides is 3. The highest BCUT2D eigenvalue weighted by Gasteiger charge is 2.21. The van der Waals surface area contributed by atoms with Crippen LogP contribution in [0.2, 0.25) is 0 Å². The summed E-state index contributed by atoms with van der Waals surface area (Å²) in [5, 5.41) is 6.68. The fraction of sp³-hybridized carbons (Fsp3) is 0.292. The van der Waals surface area contributed by atoms with E-state index in [1.807, 2.05) is 12.1 Å². The summed E-state index contributed by atoms with van der Waals surface area (Å²) in [5.41, 5.74) is 2.44. The summed E-state index contributed by atoms with van der Waals surface area (Å²) in [7, 11) is 0. The standard InChI is InChI=1S/C24H26N4O3/c29-22(25-13-4-14-27-16-12-18-5-1-2-6-21(18)27)17-26-24(31)19-8-10-20(11-9-19)28-15-3-7-23(28)30/h1-2,5-6,8-12,16H,3-4,7,13-15,17H2,(H,25,29)(H,26,31). The number of fused-ring (bicyclic) bond motifs is 1. The predicted octanol–water partition coefficient (Wildman–Crippen LogP) is 2.70. The zero-order valence-corrected chi connectivity index (χ0v) is 17.3. The number of nitrogens with zero attached hydrogens (tertiary/aromatic N) is 2. The second-order valence-electron chi connectivity index (χ2n) is 7.65. The Balaban J connectivity index is 1.18. The zero-order valence-electron chi connectivity index (χ0n) is 17.3. The first-order chi connectivity index (χ1) is 15.1. The lowest BCUT2D eigenvalue weighted by molar-refractivity contribution is -0.120. The van der Waals surface area contributed by atoms with Gasteiger partial charge < -0.3 is 20.1 Å². The molecule has 1 aliphatic heterocycles. The van der Waals surface area contributed by atoms with Gasteiger partial charge in [-0.2, -0.15) is 0 Å². The minimum atomic E-state index is -0.312. The third kappa shape index (κ3) is 4.94. The maximum Gasteiger partial charge on any atom is 0.251 e. The van der Waals surface area contributed by atoms with Crippen LogP contribution in [-0.2, 0) is 16.1 Å². The number of hydrogen-bond acceptors (Lipinski definition) is 3. The third-order valence-corrected chi connectivity index (χ3v) is 5.50. The number of anilines is 1. The van der Waals surface area contributed by atoms with Crippen LogP contribution in [0.25, 0.3) is 10.9 Å². The SMILES string of the molecule is O=C(CNC(=O)c1ccc(N2CCCC2=O)cc1)NCCCn1ccc2ccccc21. The fourth-order valence-corrected chi connectivity index (χ4v) is 3.85. The van der Waals surface area contributed by atoms with Gasteiger partial charge in [-0.25, -0.2) is 0 Å². The van der Waals surface area contributed by atoms with Crippen LogP contribution in [0.15, 0.2) is 60.8 Å². The molecular weight excluding hydrogens is 392 g/mol. The van der Waals surface area contributed by atoms with E-state index < -0.39 is 0 Å². The number of para-hydroxylation sites is 1. The lowest BCUT2D eigenvalue weighted by Crippen LogP contribution is -2.37. The highest BCUT2D eigenvalue weighted by atomic mass is 16.2. The largest absolute Gasteiger partial charge is 0.355 e. The lowest BCUT2D eigenvalue weighted by atomic mass is 10.2. The zero-order chi connectivity index (χ0) is 21.6. The van der Waals surface area contributed by atoms with Gasteiger partial charge in [0.15, 0.2) is 0 Å². The summed E-state index contributed by atoms with van der Waals surface area (Å²) in [6.07, 6.45) is 4.28. The maximum atomic E-state index is 12.3. The molecule has 3 amide bonds. The molecule has 3 aromatic rings. The Morgan fingerprint density at radius 3 is 2.55 bits per heavy atom. The van der Waals surface area contributed by atoms with E-state index in [0.29, 0.717) is 25.1 Å². The average Bonchev–Trinajstić information content (AvgIpc) is 3.41. The molecule has 0 radical (unpaired) electrons. The number of carbonyl (C=O) groups excluding carboxylic acids is 3. The van der Waals surface area contributed by atoms with Crippen molar-refractivity contribution >= 4 is 34.3 Å². The van der Waals surface area contributed by atoms with Crippen molar-refractivity contribution in [1.29, 1.82) is 0 Å². The Morgan fingerprint density at radius 1 is 0.968 bits per heavy atom. The van der Waals surface area contributed by atoms with Crippen molar-refractivity contribution in [2.24, 2.45) is 0 Å². The van der Waals surface area contributed by atoms with Gasteiger partial charge in [0.25, 0.3) is 5.91 Å². The molecule has 31 heavy (non-hydrogen) atoms. The molecule has 160 valence electrons. The summed E-state index contributed by atoms with van der Waals surface area (Å²) in [5.74, 6) is -0.419. The Hall–Kier alpha value is -3.61. The van der Waals surface area contributed by atoms with Crippen molar-refractivity contribution in [1.82, 2.24) is 15.2 Å². The number of nitrogens with one attached hydrogen (secondary N) is 2. The Kier molecular flexibility index (Phi) is 6.31. The lowest BCUT2D eigenvalue weighted by Gasteiger charge is -2.15. The normalized spacial score (nSPS) is 13.5. The summed E-state index contributed by atoms with van der Waals surface area (Å²) >= 11 is 0. The molecular formula is C24H26N4O3. The van der Waals surface area contributed by atoms with Gasteiger partial charge in [0, 0.05) is 49.0 Å². The van der Waals surface area contributed by atoms with E-state index in [2.05, 4.69) is 39.6 Å². The number of aryl methyl sites for hydroxylation is 1. The summed E-state index contributed by atoms with van der Waals surface area (Å²) in [4.78, 5) is 37.9. The van der Waals surface area contributed by atoms with E-state index >= 15 is 0 Å². The molecule has 0 spiro atoms. The fourth-order valence-electron chi connectivity index (χ4n) is 3.85. The first kappa shape index (κ1) is 20.7. The number of rotatable bonds is 8. The van der Waals surface area contributed by atoms with Gasteiger partial charge in [-0.15, -0.1) is 0 Å². The first-order valence-electron chi connectivity index (χ1n) is 10.6. The summed E-state index contributed by atoms with van der Waals surface area (Å²) in [6, 6.07) is 17.2. The van der Waals surface area contributed by atoms with Gasteiger partial charge in [0.2, 0.25) is 11.8 Å². The van der Waals surface area contributed by atoms with Crippen LogP contribution in [0.1, 0.15) is 29.6 Å². The van der Waals surface area contributed by atoms with Gasteiger partial charge in [-0.1, -0.05) is 18.2 Å². The topological polar surface area (TPSA) is 83.4 Å². The molecule has 7 heteroatoms. The van der Waals surface area contributed by atoms with Crippen molar-refractivity contribution in [2.45, 2.75) is 25.8 Å². The van der Waals surface area contributed by atoms with E-state index in [-0.39, 0.29) is 24.3 Å². The van der Waals surface area contributed by atoms with Gasteiger partial charge in [-0.05, 0) is 54.6 Å². The molecule has 1 saturated heterocycles. The minimum Gasteiger partial charge on any atom is -0.355 e.